The van der Waals surface area contributed by atoms with Gasteiger partial charge >= 0.3 is 0 Å². The number of Topliss-reactive ketones (excluding diaryl/α,β-unsaturated/α-hetero) is 1. The van der Waals surface area contributed by atoms with Crippen molar-refractivity contribution in [3.05, 3.63) is 48.0 Å². The van der Waals surface area contributed by atoms with Crippen LogP contribution in [0.3, 0.4) is 0 Å². The van der Waals surface area contributed by atoms with E-state index in [9.17, 15) is 4.79 Å². The molecule has 2 atom stereocenters. The Hall–Kier alpha value is -1.67. The minimum atomic E-state index is -0.406. The molecule has 94 valence electrons. The third kappa shape index (κ3) is 2.44. The van der Waals surface area contributed by atoms with Gasteiger partial charge in [0.2, 0.25) is 0 Å². The summed E-state index contributed by atoms with van der Waals surface area (Å²) in [5.74, 6) is 0.249. The van der Waals surface area contributed by atoms with E-state index < -0.39 is 6.04 Å². The van der Waals surface area contributed by atoms with E-state index in [0.29, 0.717) is 5.56 Å². The molecule has 0 aliphatic heterocycles. The Morgan fingerprint density at radius 3 is 2.50 bits per heavy atom. The first kappa shape index (κ1) is 12.8. The standard InChI is InChI=1S/C16H19NO/c1-3-11(2)15(17)16(18)14-9-8-12-6-4-5-7-13(12)10-14/h4-11,15H,3,17H2,1-2H3. The molecule has 2 unspecified atom stereocenters. The summed E-state index contributed by atoms with van der Waals surface area (Å²) < 4.78 is 0. The van der Waals surface area contributed by atoms with Crippen LogP contribution in [0.1, 0.15) is 30.6 Å². The number of hydrogen-bond acceptors (Lipinski definition) is 2. The normalized spacial score (nSPS) is 14.4. The second kappa shape index (κ2) is 5.32. The van der Waals surface area contributed by atoms with Crippen molar-refractivity contribution < 1.29 is 4.79 Å². The zero-order chi connectivity index (χ0) is 13.1. The Labute approximate surface area is 108 Å². The predicted molar refractivity (Wildman–Crippen MR) is 75.7 cm³/mol. The van der Waals surface area contributed by atoms with Gasteiger partial charge in [-0.15, -0.1) is 0 Å². The molecule has 2 rings (SSSR count). The van der Waals surface area contributed by atoms with E-state index >= 15 is 0 Å². The third-order valence-corrected chi connectivity index (χ3v) is 3.59. The van der Waals surface area contributed by atoms with Crippen LogP contribution in [0.4, 0.5) is 0 Å². The summed E-state index contributed by atoms with van der Waals surface area (Å²) in [6, 6.07) is 13.4. The van der Waals surface area contributed by atoms with Crippen LogP contribution >= 0.6 is 0 Å². The molecule has 2 aromatic carbocycles. The summed E-state index contributed by atoms with van der Waals surface area (Å²) in [6.07, 6.45) is 0.917. The van der Waals surface area contributed by atoms with Crippen molar-refractivity contribution >= 4 is 16.6 Å². The molecule has 2 heteroatoms. The maximum absolute atomic E-state index is 12.3. The van der Waals surface area contributed by atoms with E-state index in [1.807, 2.05) is 49.4 Å². The number of ketones is 1. The highest BCUT2D eigenvalue weighted by Crippen LogP contribution is 2.18. The Balaban J connectivity index is 2.33. The van der Waals surface area contributed by atoms with Crippen LogP contribution < -0.4 is 5.73 Å². The second-order valence-electron chi connectivity index (χ2n) is 4.84. The number of rotatable bonds is 4. The first-order valence-corrected chi connectivity index (χ1v) is 6.42. The number of fused-ring (bicyclic) bond motifs is 1. The summed E-state index contributed by atoms with van der Waals surface area (Å²) in [5.41, 5.74) is 6.71. The highest BCUT2D eigenvalue weighted by atomic mass is 16.1. The van der Waals surface area contributed by atoms with Crippen molar-refractivity contribution in [2.45, 2.75) is 26.3 Å². The third-order valence-electron chi connectivity index (χ3n) is 3.59. The highest BCUT2D eigenvalue weighted by Gasteiger charge is 2.20. The van der Waals surface area contributed by atoms with E-state index in [2.05, 4.69) is 6.92 Å². The van der Waals surface area contributed by atoms with Crippen molar-refractivity contribution in [1.82, 2.24) is 0 Å². The van der Waals surface area contributed by atoms with Gasteiger partial charge in [0.15, 0.2) is 5.78 Å². The van der Waals surface area contributed by atoms with Crippen molar-refractivity contribution in [3.63, 3.8) is 0 Å². The van der Waals surface area contributed by atoms with Crippen LogP contribution in [-0.4, -0.2) is 11.8 Å². The maximum Gasteiger partial charge on any atom is 0.179 e. The van der Waals surface area contributed by atoms with Gasteiger partial charge < -0.3 is 5.73 Å². The SMILES string of the molecule is CCC(C)C(N)C(=O)c1ccc2ccccc2c1. The number of carbonyl (C=O) groups is 1. The minimum absolute atomic E-state index is 0.0371. The molecule has 18 heavy (non-hydrogen) atoms. The Bertz CT molecular complexity index is 562. The molecule has 0 saturated carbocycles. The van der Waals surface area contributed by atoms with Crippen molar-refractivity contribution in [2.24, 2.45) is 11.7 Å². The summed E-state index contributed by atoms with van der Waals surface area (Å²) in [6.45, 7) is 4.07. The van der Waals surface area contributed by atoms with Crippen LogP contribution in [-0.2, 0) is 0 Å². The zero-order valence-corrected chi connectivity index (χ0v) is 10.9. The summed E-state index contributed by atoms with van der Waals surface area (Å²) in [7, 11) is 0. The molecule has 0 aliphatic rings. The van der Waals surface area contributed by atoms with Gasteiger partial charge in [-0.3, -0.25) is 4.79 Å². The van der Waals surface area contributed by atoms with Crippen molar-refractivity contribution in [2.75, 3.05) is 0 Å². The Morgan fingerprint density at radius 2 is 1.83 bits per heavy atom. The fraction of sp³-hybridized carbons (Fsp3) is 0.312. The molecule has 2 N–H and O–H groups in total. The van der Waals surface area contributed by atoms with Gasteiger partial charge in [-0.25, -0.2) is 0 Å². The predicted octanol–water partition coefficient (Wildman–Crippen LogP) is 3.40. The summed E-state index contributed by atoms with van der Waals surface area (Å²) in [5, 5.41) is 2.23. The molecule has 0 radical (unpaired) electrons. The number of benzene rings is 2. The molecule has 0 fully saturated rings. The molecule has 0 spiro atoms. The average Bonchev–Trinajstić information content (AvgIpc) is 2.44. The lowest BCUT2D eigenvalue weighted by atomic mass is 9.92. The van der Waals surface area contributed by atoms with Crippen LogP contribution in [0, 0.1) is 5.92 Å². The zero-order valence-electron chi connectivity index (χ0n) is 10.9. The first-order valence-electron chi connectivity index (χ1n) is 6.42. The fourth-order valence-electron chi connectivity index (χ4n) is 2.05. The maximum atomic E-state index is 12.3. The molecule has 0 saturated heterocycles. The quantitative estimate of drug-likeness (QED) is 0.834. The van der Waals surface area contributed by atoms with Crippen LogP contribution in [0.15, 0.2) is 42.5 Å². The highest BCUT2D eigenvalue weighted by molar-refractivity contribution is 6.03. The average molecular weight is 241 g/mol. The summed E-state index contributed by atoms with van der Waals surface area (Å²) >= 11 is 0. The lowest BCUT2D eigenvalue weighted by molar-refractivity contribution is 0.0935. The minimum Gasteiger partial charge on any atom is -0.321 e. The van der Waals surface area contributed by atoms with Crippen LogP contribution in [0.25, 0.3) is 10.8 Å². The van der Waals surface area contributed by atoms with Gasteiger partial charge in [-0.2, -0.15) is 0 Å². The molecule has 0 bridgehead atoms. The number of hydrogen-bond donors (Lipinski definition) is 1. The first-order chi connectivity index (χ1) is 8.63. The van der Waals surface area contributed by atoms with E-state index in [0.717, 1.165) is 17.2 Å². The van der Waals surface area contributed by atoms with Gasteiger partial charge in [0.25, 0.3) is 0 Å². The van der Waals surface area contributed by atoms with Gasteiger partial charge in [-0.1, -0.05) is 56.7 Å². The molecule has 0 aromatic heterocycles. The monoisotopic (exact) mass is 241 g/mol. The molecule has 2 aromatic rings. The van der Waals surface area contributed by atoms with Crippen LogP contribution in [0.2, 0.25) is 0 Å². The Morgan fingerprint density at radius 1 is 1.17 bits per heavy atom. The van der Waals surface area contributed by atoms with E-state index in [1.54, 1.807) is 0 Å². The lowest BCUT2D eigenvalue weighted by Crippen LogP contribution is -2.36. The Kier molecular flexibility index (Phi) is 3.78. The lowest BCUT2D eigenvalue weighted by Gasteiger charge is -2.17. The van der Waals surface area contributed by atoms with E-state index in [1.165, 1.54) is 0 Å². The molecule has 0 heterocycles. The fourth-order valence-corrected chi connectivity index (χ4v) is 2.05. The van der Waals surface area contributed by atoms with Gasteiger partial charge in [0.1, 0.15) is 0 Å². The second-order valence-corrected chi connectivity index (χ2v) is 4.84. The van der Waals surface area contributed by atoms with Crippen molar-refractivity contribution in [1.29, 1.82) is 0 Å². The van der Waals surface area contributed by atoms with Crippen LogP contribution in [0.5, 0.6) is 0 Å². The molecule has 0 aliphatic carbocycles. The van der Waals surface area contributed by atoms with Gasteiger partial charge in [0, 0.05) is 5.56 Å². The smallest absolute Gasteiger partial charge is 0.179 e. The van der Waals surface area contributed by atoms with Crippen molar-refractivity contribution in [3.8, 4) is 0 Å². The van der Waals surface area contributed by atoms with E-state index in [4.69, 9.17) is 5.73 Å². The van der Waals surface area contributed by atoms with E-state index in [-0.39, 0.29) is 11.7 Å². The molecular weight excluding hydrogens is 222 g/mol. The topological polar surface area (TPSA) is 43.1 Å². The summed E-state index contributed by atoms with van der Waals surface area (Å²) in [4.78, 5) is 12.3. The number of nitrogens with two attached hydrogens (primary N) is 1. The van der Waals surface area contributed by atoms with Gasteiger partial charge in [0.05, 0.1) is 6.04 Å². The number of carbonyl (C=O) groups excluding carboxylic acids is 1. The molecule has 2 nitrogen and oxygen atoms in total. The molecule has 0 amide bonds. The van der Waals surface area contributed by atoms with Gasteiger partial charge in [-0.05, 0) is 22.8 Å². The largest absolute Gasteiger partial charge is 0.321 e. The molecular formula is C16H19NO.